The molecule has 2 fully saturated rings. The van der Waals surface area contributed by atoms with E-state index in [4.69, 9.17) is 4.74 Å². The van der Waals surface area contributed by atoms with Crippen LogP contribution in [0.2, 0.25) is 0 Å². The molecule has 16 heavy (non-hydrogen) atoms. The van der Waals surface area contributed by atoms with Crippen molar-refractivity contribution in [2.45, 2.75) is 64.5 Å². The van der Waals surface area contributed by atoms with E-state index in [2.05, 4.69) is 5.32 Å². The minimum atomic E-state index is -0.371. The molecule has 1 saturated carbocycles. The molecule has 0 radical (unpaired) electrons. The molecule has 3 nitrogen and oxygen atoms in total. The molecule has 1 unspecified atom stereocenters. The zero-order valence-electron chi connectivity index (χ0n) is 10.6. The highest BCUT2D eigenvalue weighted by molar-refractivity contribution is 5.76. The molecule has 0 bridgehead atoms. The molecule has 0 aromatic heterocycles. The van der Waals surface area contributed by atoms with Crippen LogP contribution < -0.4 is 5.32 Å². The third-order valence-electron chi connectivity index (χ3n) is 3.72. The third-order valence-corrected chi connectivity index (χ3v) is 3.72. The first-order valence-corrected chi connectivity index (χ1v) is 6.37. The van der Waals surface area contributed by atoms with Gasteiger partial charge in [0, 0.05) is 6.54 Å². The van der Waals surface area contributed by atoms with Gasteiger partial charge >= 0.3 is 5.97 Å². The van der Waals surface area contributed by atoms with E-state index in [0.717, 1.165) is 13.0 Å². The van der Waals surface area contributed by atoms with Crippen molar-refractivity contribution in [3.05, 3.63) is 0 Å². The van der Waals surface area contributed by atoms with E-state index in [1.165, 1.54) is 25.7 Å². The topological polar surface area (TPSA) is 38.3 Å². The zero-order valence-corrected chi connectivity index (χ0v) is 10.6. The van der Waals surface area contributed by atoms with E-state index in [1.807, 2.05) is 20.8 Å². The number of ether oxygens (including phenoxy) is 1. The highest BCUT2D eigenvalue weighted by Crippen LogP contribution is 2.44. The maximum Gasteiger partial charge on any atom is 0.323 e. The number of nitrogens with one attached hydrogen (secondary N) is 1. The number of carbonyl (C=O) groups is 1. The third kappa shape index (κ3) is 2.57. The van der Waals surface area contributed by atoms with Crippen LogP contribution in [0.5, 0.6) is 0 Å². The van der Waals surface area contributed by atoms with Gasteiger partial charge in [-0.3, -0.25) is 4.79 Å². The predicted octanol–water partition coefficient (Wildman–Crippen LogP) is 2.25. The maximum atomic E-state index is 11.9. The Morgan fingerprint density at radius 2 is 1.94 bits per heavy atom. The van der Waals surface area contributed by atoms with Crippen molar-refractivity contribution in [3.8, 4) is 0 Å². The number of hydrogen-bond donors (Lipinski definition) is 1. The summed E-state index contributed by atoms with van der Waals surface area (Å²) in [6.07, 6.45) is 6.17. The molecule has 0 aromatic rings. The second-order valence-corrected chi connectivity index (χ2v) is 6.38. The molecular formula is C13H23NO2. The lowest BCUT2D eigenvalue weighted by atomic mass is 9.84. The van der Waals surface area contributed by atoms with Gasteiger partial charge in [-0.05, 0) is 45.4 Å². The van der Waals surface area contributed by atoms with Gasteiger partial charge in [-0.15, -0.1) is 0 Å². The zero-order chi connectivity index (χ0) is 11.8. The van der Waals surface area contributed by atoms with Gasteiger partial charge in [-0.2, -0.15) is 0 Å². The first kappa shape index (κ1) is 11.9. The molecular weight excluding hydrogens is 202 g/mol. The fourth-order valence-electron chi connectivity index (χ4n) is 2.96. The molecule has 92 valence electrons. The number of esters is 1. The van der Waals surface area contributed by atoms with Crippen LogP contribution in [0.15, 0.2) is 0 Å². The Kier molecular flexibility index (Phi) is 2.99. The largest absolute Gasteiger partial charge is 0.459 e. The van der Waals surface area contributed by atoms with Crippen molar-refractivity contribution in [1.82, 2.24) is 5.32 Å². The summed E-state index contributed by atoms with van der Waals surface area (Å²) < 4.78 is 5.42. The summed E-state index contributed by atoms with van der Waals surface area (Å²) in [6, 6.07) is -0.0719. The van der Waals surface area contributed by atoms with Crippen LogP contribution in [0.25, 0.3) is 0 Å². The lowest BCUT2D eigenvalue weighted by Crippen LogP contribution is -2.37. The van der Waals surface area contributed by atoms with Gasteiger partial charge in [0.15, 0.2) is 0 Å². The Morgan fingerprint density at radius 3 is 2.50 bits per heavy atom. The molecule has 2 rings (SSSR count). The van der Waals surface area contributed by atoms with Crippen LogP contribution in [-0.2, 0) is 9.53 Å². The van der Waals surface area contributed by atoms with Crippen LogP contribution in [0.4, 0.5) is 0 Å². The van der Waals surface area contributed by atoms with E-state index in [0.29, 0.717) is 5.41 Å². The fourth-order valence-corrected chi connectivity index (χ4v) is 2.96. The minimum Gasteiger partial charge on any atom is -0.459 e. The maximum absolute atomic E-state index is 11.9. The van der Waals surface area contributed by atoms with Gasteiger partial charge in [0.05, 0.1) is 0 Å². The highest BCUT2D eigenvalue weighted by atomic mass is 16.6. The van der Waals surface area contributed by atoms with Crippen LogP contribution in [0.1, 0.15) is 52.9 Å². The van der Waals surface area contributed by atoms with Crippen molar-refractivity contribution < 1.29 is 9.53 Å². The first-order chi connectivity index (χ1) is 7.40. The van der Waals surface area contributed by atoms with Crippen LogP contribution in [-0.4, -0.2) is 24.2 Å². The quantitative estimate of drug-likeness (QED) is 0.696. The predicted molar refractivity (Wildman–Crippen MR) is 63.2 cm³/mol. The summed E-state index contributed by atoms with van der Waals surface area (Å²) in [7, 11) is 0. The lowest BCUT2D eigenvalue weighted by molar-refractivity contribution is -0.157. The van der Waals surface area contributed by atoms with Gasteiger partial charge in [-0.25, -0.2) is 0 Å². The Morgan fingerprint density at radius 1 is 1.31 bits per heavy atom. The van der Waals surface area contributed by atoms with E-state index >= 15 is 0 Å². The molecule has 1 saturated heterocycles. The second-order valence-electron chi connectivity index (χ2n) is 6.38. The van der Waals surface area contributed by atoms with Gasteiger partial charge in [0.2, 0.25) is 0 Å². The molecule has 1 heterocycles. The van der Waals surface area contributed by atoms with Crippen molar-refractivity contribution in [2.75, 3.05) is 6.54 Å². The normalized spacial score (nSPS) is 28.6. The summed E-state index contributed by atoms with van der Waals surface area (Å²) >= 11 is 0. The number of rotatable bonds is 1. The van der Waals surface area contributed by atoms with E-state index in [-0.39, 0.29) is 17.6 Å². The van der Waals surface area contributed by atoms with Gasteiger partial charge in [-0.1, -0.05) is 12.8 Å². The lowest BCUT2D eigenvalue weighted by Gasteiger charge is -2.23. The van der Waals surface area contributed by atoms with Crippen LogP contribution in [0, 0.1) is 5.41 Å². The molecule has 0 amide bonds. The Balaban J connectivity index is 1.91. The van der Waals surface area contributed by atoms with Crippen molar-refractivity contribution in [1.29, 1.82) is 0 Å². The van der Waals surface area contributed by atoms with Crippen molar-refractivity contribution >= 4 is 5.97 Å². The average Bonchev–Trinajstić information content (AvgIpc) is 2.74. The smallest absolute Gasteiger partial charge is 0.323 e. The molecule has 0 aromatic carbocycles. The Labute approximate surface area is 97.9 Å². The standard InChI is InChI=1S/C13H23NO2/c1-12(2,3)16-11(15)10-8-13(9-14-10)6-4-5-7-13/h10,14H,4-9H2,1-3H3. The molecule has 1 aliphatic carbocycles. The summed E-state index contributed by atoms with van der Waals surface area (Å²) in [4.78, 5) is 11.9. The summed E-state index contributed by atoms with van der Waals surface area (Å²) in [5, 5.41) is 3.34. The molecule has 1 aliphatic heterocycles. The Bertz CT molecular complexity index is 274. The highest BCUT2D eigenvalue weighted by Gasteiger charge is 2.44. The van der Waals surface area contributed by atoms with E-state index < -0.39 is 0 Å². The van der Waals surface area contributed by atoms with Gasteiger partial charge in [0.25, 0.3) is 0 Å². The monoisotopic (exact) mass is 225 g/mol. The van der Waals surface area contributed by atoms with Gasteiger partial charge < -0.3 is 10.1 Å². The summed E-state index contributed by atoms with van der Waals surface area (Å²) in [5.74, 6) is -0.0729. The molecule has 1 N–H and O–H groups in total. The van der Waals surface area contributed by atoms with Crippen molar-refractivity contribution in [2.24, 2.45) is 5.41 Å². The van der Waals surface area contributed by atoms with Gasteiger partial charge in [0.1, 0.15) is 11.6 Å². The molecule has 1 atom stereocenters. The van der Waals surface area contributed by atoms with Crippen LogP contribution >= 0.6 is 0 Å². The van der Waals surface area contributed by atoms with E-state index in [9.17, 15) is 4.79 Å². The van der Waals surface area contributed by atoms with Crippen molar-refractivity contribution in [3.63, 3.8) is 0 Å². The molecule has 3 heteroatoms. The molecule has 2 aliphatic rings. The summed E-state index contributed by atoms with van der Waals surface area (Å²) in [6.45, 7) is 6.76. The number of carbonyl (C=O) groups excluding carboxylic acids is 1. The summed E-state index contributed by atoms with van der Waals surface area (Å²) in [5.41, 5.74) is 0.0335. The number of hydrogen-bond acceptors (Lipinski definition) is 3. The van der Waals surface area contributed by atoms with E-state index in [1.54, 1.807) is 0 Å². The van der Waals surface area contributed by atoms with Crippen LogP contribution in [0.3, 0.4) is 0 Å². The minimum absolute atomic E-state index is 0.0719. The fraction of sp³-hybridized carbons (Fsp3) is 0.923. The SMILES string of the molecule is CC(C)(C)OC(=O)C1CC2(CCCC2)CN1. The molecule has 1 spiro atoms. The second kappa shape index (κ2) is 4.02. The Hall–Kier alpha value is -0.570. The average molecular weight is 225 g/mol. The first-order valence-electron chi connectivity index (χ1n) is 6.37.